The lowest BCUT2D eigenvalue weighted by Gasteiger charge is -2.24. The van der Waals surface area contributed by atoms with Crippen molar-refractivity contribution in [2.75, 3.05) is 0 Å². The Bertz CT molecular complexity index is 962. The van der Waals surface area contributed by atoms with E-state index in [2.05, 4.69) is 111 Å². The number of rotatable bonds is 2. The molecule has 168 valence electrons. The van der Waals surface area contributed by atoms with Gasteiger partial charge in [0.25, 0.3) is 0 Å². The molecule has 0 saturated carbocycles. The highest BCUT2D eigenvalue weighted by Gasteiger charge is 2.37. The predicted molar refractivity (Wildman–Crippen MR) is 147 cm³/mol. The van der Waals surface area contributed by atoms with Crippen molar-refractivity contribution in [2.45, 2.75) is 91.1 Å². The molecule has 0 radical (unpaired) electrons. The van der Waals surface area contributed by atoms with Crippen LogP contribution in [0.3, 0.4) is 0 Å². The maximum atomic E-state index is 12.9. The molecule has 0 spiro atoms. The van der Waals surface area contributed by atoms with Crippen molar-refractivity contribution in [2.24, 2.45) is 0 Å². The molecule has 0 amide bonds. The van der Waals surface area contributed by atoms with Crippen LogP contribution in [0.1, 0.15) is 96.9 Å². The van der Waals surface area contributed by atoms with Crippen LogP contribution < -0.4 is 0 Å². The van der Waals surface area contributed by atoms with E-state index >= 15 is 0 Å². The summed E-state index contributed by atoms with van der Waals surface area (Å²) < 4.78 is 8.19. The minimum atomic E-state index is -0.478. The van der Waals surface area contributed by atoms with Gasteiger partial charge in [-0.05, 0) is 122 Å². The first-order valence-electron chi connectivity index (χ1n) is 10.9. The molecule has 2 aromatic carbocycles. The smallest absolute Gasteiger partial charge is 0.307 e. The fraction of sp³-hybridized carbons (Fsp3) is 0.519. The molecule has 0 aliphatic heterocycles. The molecule has 2 nitrogen and oxygen atoms in total. The van der Waals surface area contributed by atoms with Crippen molar-refractivity contribution >= 4 is 51.2 Å². The Morgan fingerprint density at radius 3 is 1.48 bits per heavy atom. The summed E-state index contributed by atoms with van der Waals surface area (Å²) in [4.78, 5) is 12.9. The number of halogens is 2. The molecular formula is C27H34I2O2. The molecule has 2 aromatic rings. The van der Waals surface area contributed by atoms with Crippen LogP contribution >= 0.6 is 45.2 Å². The largest absolute Gasteiger partial charge is 0.460 e. The number of ether oxygens (including phenoxy) is 1. The molecule has 1 aliphatic carbocycles. The fourth-order valence-electron chi connectivity index (χ4n) is 4.15. The van der Waals surface area contributed by atoms with Gasteiger partial charge in [0.05, 0.1) is 6.42 Å². The Labute approximate surface area is 215 Å². The highest BCUT2D eigenvalue weighted by Crippen LogP contribution is 2.52. The molecule has 0 N–H and O–H groups in total. The number of hydrogen-bond acceptors (Lipinski definition) is 2. The van der Waals surface area contributed by atoms with Gasteiger partial charge >= 0.3 is 5.97 Å². The highest BCUT2D eigenvalue weighted by molar-refractivity contribution is 14.1. The van der Waals surface area contributed by atoms with Crippen LogP contribution in [0.15, 0.2) is 24.3 Å². The van der Waals surface area contributed by atoms with E-state index in [9.17, 15) is 4.79 Å². The zero-order chi connectivity index (χ0) is 23.5. The summed E-state index contributed by atoms with van der Waals surface area (Å²) >= 11 is 4.92. The molecule has 3 rings (SSSR count). The Morgan fingerprint density at radius 1 is 0.774 bits per heavy atom. The van der Waals surface area contributed by atoms with Crippen molar-refractivity contribution in [1.29, 1.82) is 0 Å². The second-order valence-corrected chi connectivity index (χ2v) is 14.0. The van der Waals surface area contributed by atoms with Crippen LogP contribution in [-0.4, -0.2) is 11.6 Å². The van der Waals surface area contributed by atoms with E-state index in [-0.39, 0.29) is 22.7 Å². The molecule has 0 unspecified atom stereocenters. The summed E-state index contributed by atoms with van der Waals surface area (Å²) in [6.07, 6.45) is 0.368. The van der Waals surface area contributed by atoms with Crippen LogP contribution in [0.4, 0.5) is 0 Å². The van der Waals surface area contributed by atoms with Gasteiger partial charge in [-0.1, -0.05) is 53.7 Å². The number of carbonyl (C=O) groups is 1. The van der Waals surface area contributed by atoms with E-state index in [1.807, 2.05) is 20.8 Å². The molecule has 0 bridgehead atoms. The molecule has 31 heavy (non-hydrogen) atoms. The summed E-state index contributed by atoms with van der Waals surface area (Å²) in [5, 5.41) is 0. The van der Waals surface area contributed by atoms with Gasteiger partial charge < -0.3 is 4.74 Å². The second-order valence-electron chi connectivity index (χ2n) is 11.7. The van der Waals surface area contributed by atoms with Gasteiger partial charge in [0.2, 0.25) is 0 Å². The van der Waals surface area contributed by atoms with Crippen LogP contribution in [0, 0.1) is 7.14 Å². The zero-order valence-electron chi connectivity index (χ0n) is 20.2. The summed E-state index contributed by atoms with van der Waals surface area (Å²) in [5.41, 5.74) is 7.42. The number of hydrogen-bond donors (Lipinski definition) is 0. The molecule has 0 fully saturated rings. The highest BCUT2D eigenvalue weighted by atomic mass is 127. The van der Waals surface area contributed by atoms with Gasteiger partial charge in [-0.3, -0.25) is 4.79 Å². The normalized spacial score (nSPS) is 14.4. The average molecular weight is 644 g/mol. The quantitative estimate of drug-likeness (QED) is 0.243. The summed E-state index contributed by atoms with van der Waals surface area (Å²) in [7, 11) is 0. The molecular weight excluding hydrogens is 610 g/mol. The number of carbonyl (C=O) groups excluding carboxylic acids is 1. The minimum Gasteiger partial charge on any atom is -0.460 e. The number of benzene rings is 2. The minimum absolute atomic E-state index is 0.0293. The first-order chi connectivity index (χ1) is 14.0. The Kier molecular flexibility index (Phi) is 6.69. The Balaban J connectivity index is 2.24. The third-order valence-electron chi connectivity index (χ3n) is 5.77. The standard InChI is InChI=1S/C27H34I2O2/c1-25(2,3)15-10-17-18-11-16(26(4,5)6)13-21(29)24(18)19(23(17)20(28)12-15)14-22(30)31-27(7,8)9/h10-13,19H,14H2,1-9H3. The summed E-state index contributed by atoms with van der Waals surface area (Å²) in [6.45, 7) is 19.3. The fourth-order valence-corrected chi connectivity index (χ4v) is 6.16. The molecule has 0 heterocycles. The van der Waals surface area contributed by atoms with Gasteiger partial charge in [0.1, 0.15) is 5.60 Å². The van der Waals surface area contributed by atoms with E-state index < -0.39 is 5.60 Å². The van der Waals surface area contributed by atoms with Crippen LogP contribution in [0.5, 0.6) is 0 Å². The van der Waals surface area contributed by atoms with Gasteiger partial charge in [-0.15, -0.1) is 0 Å². The van der Waals surface area contributed by atoms with E-state index in [0.717, 1.165) is 0 Å². The van der Waals surface area contributed by atoms with Crippen molar-refractivity contribution in [3.63, 3.8) is 0 Å². The molecule has 0 atom stereocenters. The van der Waals surface area contributed by atoms with Crippen molar-refractivity contribution in [3.8, 4) is 11.1 Å². The first-order valence-corrected chi connectivity index (χ1v) is 13.0. The molecule has 4 heteroatoms. The van der Waals surface area contributed by atoms with Crippen molar-refractivity contribution in [1.82, 2.24) is 0 Å². The van der Waals surface area contributed by atoms with Crippen LogP contribution in [0.2, 0.25) is 0 Å². The topological polar surface area (TPSA) is 26.3 Å². The predicted octanol–water partition coefficient (Wildman–Crippen LogP) is 8.33. The van der Waals surface area contributed by atoms with Crippen molar-refractivity contribution in [3.05, 3.63) is 53.7 Å². The van der Waals surface area contributed by atoms with Gasteiger partial charge in [-0.25, -0.2) is 0 Å². The summed E-state index contributed by atoms with van der Waals surface area (Å²) in [6, 6.07) is 9.30. The maximum Gasteiger partial charge on any atom is 0.307 e. The SMILES string of the molecule is CC(C)(C)OC(=O)CC1c2c(I)cc(C(C)(C)C)cc2-c2cc(C(C)(C)C)cc(I)c21. The number of fused-ring (bicyclic) bond motifs is 3. The zero-order valence-corrected chi connectivity index (χ0v) is 24.5. The Morgan fingerprint density at radius 2 is 1.16 bits per heavy atom. The lowest BCUT2D eigenvalue weighted by molar-refractivity contribution is -0.155. The molecule has 1 aliphatic rings. The van der Waals surface area contributed by atoms with Gasteiger partial charge in [0.15, 0.2) is 0 Å². The lowest BCUT2D eigenvalue weighted by Crippen LogP contribution is -2.25. The van der Waals surface area contributed by atoms with Gasteiger partial charge in [0, 0.05) is 13.1 Å². The maximum absolute atomic E-state index is 12.9. The van der Waals surface area contributed by atoms with E-state index in [1.54, 1.807) is 0 Å². The number of esters is 1. The average Bonchev–Trinajstić information content (AvgIpc) is 2.86. The van der Waals surface area contributed by atoms with E-state index in [4.69, 9.17) is 4.74 Å². The molecule has 0 saturated heterocycles. The monoisotopic (exact) mass is 644 g/mol. The summed E-state index contributed by atoms with van der Waals surface area (Å²) in [5.74, 6) is -0.107. The third kappa shape index (κ3) is 5.31. The second kappa shape index (κ2) is 8.30. The third-order valence-corrected chi connectivity index (χ3v) is 7.55. The van der Waals surface area contributed by atoms with E-state index in [1.165, 1.54) is 40.5 Å². The van der Waals surface area contributed by atoms with E-state index in [0.29, 0.717) is 6.42 Å². The Hall–Kier alpha value is -0.630. The van der Waals surface area contributed by atoms with Crippen LogP contribution in [-0.2, 0) is 20.4 Å². The van der Waals surface area contributed by atoms with Crippen LogP contribution in [0.25, 0.3) is 11.1 Å². The van der Waals surface area contributed by atoms with Crippen molar-refractivity contribution < 1.29 is 9.53 Å². The molecule has 0 aromatic heterocycles. The lowest BCUT2D eigenvalue weighted by atomic mass is 9.83. The van der Waals surface area contributed by atoms with Gasteiger partial charge in [-0.2, -0.15) is 0 Å². The first kappa shape index (κ1) is 25.0.